The quantitative estimate of drug-likeness (QED) is 0.209. The van der Waals surface area contributed by atoms with E-state index in [0.717, 1.165) is 66.7 Å². The topological polar surface area (TPSA) is 102 Å². The molecule has 0 bridgehead atoms. The van der Waals surface area contributed by atoms with Crippen LogP contribution in [0.2, 0.25) is 0 Å². The molecule has 9 nitrogen and oxygen atoms in total. The van der Waals surface area contributed by atoms with Crippen LogP contribution in [0.4, 0.5) is 0 Å². The molecule has 2 heterocycles. The summed E-state index contributed by atoms with van der Waals surface area (Å²) in [5, 5.41) is 10.4. The Balaban J connectivity index is 1.76. The summed E-state index contributed by atoms with van der Waals surface area (Å²) >= 11 is 0. The molecule has 2 aliphatic heterocycles. The fourth-order valence-corrected chi connectivity index (χ4v) is 5.74. The van der Waals surface area contributed by atoms with Gasteiger partial charge in [-0.15, -0.1) is 0 Å². The maximum absolute atomic E-state index is 12.8. The van der Waals surface area contributed by atoms with Gasteiger partial charge in [0.2, 0.25) is 5.79 Å². The zero-order chi connectivity index (χ0) is 31.5. The van der Waals surface area contributed by atoms with Crippen LogP contribution < -0.4 is 9.47 Å². The third-order valence-electron chi connectivity index (χ3n) is 8.31. The number of benzene rings is 2. The predicted molar refractivity (Wildman–Crippen MR) is 167 cm³/mol. The summed E-state index contributed by atoms with van der Waals surface area (Å²) in [4.78, 5) is 12.8. The summed E-state index contributed by atoms with van der Waals surface area (Å²) in [7, 11) is 1.54. The molecule has 44 heavy (non-hydrogen) atoms. The van der Waals surface area contributed by atoms with Crippen LogP contribution in [0.25, 0.3) is 0 Å². The lowest BCUT2D eigenvalue weighted by atomic mass is 9.85. The van der Waals surface area contributed by atoms with Gasteiger partial charge in [-0.25, -0.2) is 4.79 Å². The number of hydrogen-bond acceptors (Lipinski definition) is 8. The molecule has 2 aromatic rings. The molecule has 0 saturated carbocycles. The first-order chi connectivity index (χ1) is 21.4. The molecule has 2 aromatic carbocycles. The van der Waals surface area contributed by atoms with Crippen LogP contribution in [0.15, 0.2) is 36.4 Å². The van der Waals surface area contributed by atoms with Gasteiger partial charge in [-0.05, 0) is 67.5 Å². The number of methoxy groups -OCH3 is 1. The molecule has 1 fully saturated rings. The molecule has 9 heteroatoms. The molecule has 2 aliphatic rings. The number of aliphatic carboxylic acids is 1. The highest BCUT2D eigenvalue weighted by atomic mass is 16.7. The molecule has 0 aromatic heterocycles. The van der Waals surface area contributed by atoms with Gasteiger partial charge in [0, 0.05) is 32.5 Å². The Morgan fingerprint density at radius 1 is 0.864 bits per heavy atom. The predicted octanol–water partition coefficient (Wildman–Crippen LogP) is 6.20. The molecular formula is C35H50O9. The molecule has 0 spiro atoms. The zero-order valence-electron chi connectivity index (χ0n) is 27.0. The van der Waals surface area contributed by atoms with Crippen molar-refractivity contribution in [2.24, 2.45) is 0 Å². The number of fused-ring (bicyclic) bond motifs is 1. The molecule has 1 N–H and O–H groups in total. The fraction of sp³-hybridized carbons (Fsp3) is 0.629. The van der Waals surface area contributed by atoms with Crippen molar-refractivity contribution in [1.82, 2.24) is 0 Å². The van der Waals surface area contributed by atoms with Gasteiger partial charge in [0.25, 0.3) is 0 Å². The van der Waals surface area contributed by atoms with E-state index < -0.39 is 36.2 Å². The number of unbranched alkanes of at least 4 members (excludes halogenated alkanes) is 3. The largest absolute Gasteiger partial charge is 0.486 e. The van der Waals surface area contributed by atoms with Crippen LogP contribution in [0.1, 0.15) is 81.5 Å². The Morgan fingerprint density at radius 3 is 2.14 bits per heavy atom. The van der Waals surface area contributed by atoms with Crippen LogP contribution in [0.5, 0.6) is 11.5 Å². The maximum Gasteiger partial charge on any atom is 0.335 e. The Morgan fingerprint density at radius 2 is 1.50 bits per heavy atom. The fourth-order valence-electron chi connectivity index (χ4n) is 5.74. The standard InChI is InChI=1S/C35H50O9/c1-6-9-16-41-30-31(42-17-10-7-2)33(43-18-11-8-3)35(38-5,44-32(30)34(36)37)27-14-12-24(4)26(23-27)21-25-13-15-28-29(22-25)40-20-19-39-28/h12-15,22-23,30-33H,6-11,16-21H2,1-5H3,(H,36,37)/t30-,31-,32-,33+,35?/m0/s1. The molecule has 0 aliphatic carbocycles. The summed E-state index contributed by atoms with van der Waals surface area (Å²) in [5.41, 5.74) is 3.86. The van der Waals surface area contributed by atoms with E-state index in [1.807, 2.05) is 36.4 Å². The number of aryl methyl sites for hydroxylation is 1. The molecule has 0 radical (unpaired) electrons. The van der Waals surface area contributed by atoms with Crippen LogP contribution >= 0.6 is 0 Å². The summed E-state index contributed by atoms with van der Waals surface area (Å²) in [5.74, 6) is -1.20. The number of ether oxygens (including phenoxy) is 7. The van der Waals surface area contributed by atoms with Gasteiger partial charge in [-0.3, -0.25) is 0 Å². The highest BCUT2D eigenvalue weighted by Crippen LogP contribution is 2.44. The van der Waals surface area contributed by atoms with Crippen LogP contribution in [0, 0.1) is 6.92 Å². The smallest absolute Gasteiger partial charge is 0.335 e. The highest BCUT2D eigenvalue weighted by Gasteiger charge is 2.60. The van der Waals surface area contributed by atoms with Crippen molar-refractivity contribution >= 4 is 5.97 Å². The summed E-state index contributed by atoms with van der Waals surface area (Å²) in [6, 6.07) is 12.0. The van der Waals surface area contributed by atoms with Crippen molar-refractivity contribution in [3.05, 3.63) is 58.7 Å². The second-order valence-electron chi connectivity index (χ2n) is 11.6. The number of carboxylic acids is 1. The number of carbonyl (C=O) groups is 1. The highest BCUT2D eigenvalue weighted by molar-refractivity contribution is 5.73. The van der Waals surface area contributed by atoms with E-state index in [9.17, 15) is 9.90 Å². The van der Waals surface area contributed by atoms with E-state index in [0.29, 0.717) is 45.0 Å². The molecule has 1 saturated heterocycles. The molecule has 0 amide bonds. The van der Waals surface area contributed by atoms with E-state index in [2.05, 4.69) is 27.7 Å². The van der Waals surface area contributed by atoms with Gasteiger partial charge in [-0.2, -0.15) is 0 Å². The maximum atomic E-state index is 12.8. The Hall–Kier alpha value is -2.69. The van der Waals surface area contributed by atoms with E-state index in [1.165, 1.54) is 7.11 Å². The van der Waals surface area contributed by atoms with Gasteiger partial charge in [0.1, 0.15) is 31.5 Å². The van der Waals surface area contributed by atoms with Crippen molar-refractivity contribution < 1.29 is 43.1 Å². The molecular weight excluding hydrogens is 564 g/mol. The molecule has 5 atom stereocenters. The van der Waals surface area contributed by atoms with Gasteiger partial charge < -0.3 is 38.3 Å². The van der Waals surface area contributed by atoms with Crippen molar-refractivity contribution in [2.45, 2.75) is 103 Å². The molecule has 1 unspecified atom stereocenters. The van der Waals surface area contributed by atoms with Crippen molar-refractivity contribution in [1.29, 1.82) is 0 Å². The Labute approximate surface area is 262 Å². The third-order valence-corrected chi connectivity index (χ3v) is 8.31. The van der Waals surface area contributed by atoms with Crippen LogP contribution in [-0.4, -0.2) is 75.6 Å². The summed E-state index contributed by atoms with van der Waals surface area (Å²) in [6.07, 6.45) is 2.16. The van der Waals surface area contributed by atoms with Gasteiger partial charge in [0.15, 0.2) is 17.6 Å². The minimum Gasteiger partial charge on any atom is -0.486 e. The summed E-state index contributed by atoms with van der Waals surface area (Å²) < 4.78 is 43.5. The Kier molecular flexibility index (Phi) is 12.9. The van der Waals surface area contributed by atoms with Crippen LogP contribution in [-0.2, 0) is 40.7 Å². The zero-order valence-corrected chi connectivity index (χ0v) is 27.0. The van der Waals surface area contributed by atoms with E-state index in [4.69, 9.17) is 33.2 Å². The Bertz CT molecular complexity index is 1200. The van der Waals surface area contributed by atoms with Crippen molar-refractivity contribution in [3.63, 3.8) is 0 Å². The summed E-state index contributed by atoms with van der Waals surface area (Å²) in [6.45, 7) is 10.7. The van der Waals surface area contributed by atoms with Crippen molar-refractivity contribution in [3.8, 4) is 11.5 Å². The van der Waals surface area contributed by atoms with Gasteiger partial charge in [0.05, 0.1) is 0 Å². The van der Waals surface area contributed by atoms with E-state index in [-0.39, 0.29) is 0 Å². The minimum atomic E-state index is -1.55. The first-order valence-electron chi connectivity index (χ1n) is 16.2. The van der Waals surface area contributed by atoms with E-state index >= 15 is 0 Å². The lowest BCUT2D eigenvalue weighted by Gasteiger charge is -2.51. The average molecular weight is 615 g/mol. The average Bonchev–Trinajstić information content (AvgIpc) is 3.03. The third kappa shape index (κ3) is 7.93. The van der Waals surface area contributed by atoms with E-state index in [1.54, 1.807) is 0 Å². The first kappa shape index (κ1) is 34.2. The minimum absolute atomic E-state index is 0.397. The second kappa shape index (κ2) is 16.6. The molecule has 4 rings (SSSR count). The normalized spacial score (nSPS) is 24.8. The lowest BCUT2D eigenvalue weighted by molar-refractivity contribution is -0.373. The molecule has 244 valence electrons. The number of rotatable bonds is 17. The SMILES string of the molecule is CCCCO[C@H]1[C@H](OCCCC)[C@@H](OCCCC)C(OC)(c2ccc(C)c(Cc3ccc4c(c3)OCCO4)c2)O[C@@H]1C(=O)O. The number of carboxylic acid groups (broad SMARTS) is 1. The second-order valence-corrected chi connectivity index (χ2v) is 11.6. The first-order valence-corrected chi connectivity index (χ1v) is 16.2. The monoisotopic (exact) mass is 614 g/mol. The van der Waals surface area contributed by atoms with Crippen molar-refractivity contribution in [2.75, 3.05) is 40.1 Å². The van der Waals surface area contributed by atoms with Gasteiger partial charge >= 0.3 is 5.97 Å². The van der Waals surface area contributed by atoms with Gasteiger partial charge in [-0.1, -0.05) is 58.2 Å². The lowest BCUT2D eigenvalue weighted by Crippen LogP contribution is -2.67. The van der Waals surface area contributed by atoms with Crippen LogP contribution in [0.3, 0.4) is 0 Å². The number of hydrogen-bond donors (Lipinski definition) is 1.